The molecule has 0 aliphatic heterocycles. The lowest BCUT2D eigenvalue weighted by molar-refractivity contribution is 0.576. The van der Waals surface area contributed by atoms with Crippen LogP contribution in [0.15, 0.2) is 29.0 Å². The second-order valence-electron chi connectivity index (χ2n) is 3.95. The number of thiazole rings is 1. The lowest BCUT2D eigenvalue weighted by atomic mass is 10.4. The van der Waals surface area contributed by atoms with E-state index < -0.39 is 10.0 Å². The average Bonchev–Trinajstić information content (AvgIpc) is 3.04. The van der Waals surface area contributed by atoms with E-state index in [0.717, 1.165) is 0 Å². The first-order valence-corrected chi connectivity index (χ1v) is 8.41. The van der Waals surface area contributed by atoms with Crippen molar-refractivity contribution in [3.63, 3.8) is 0 Å². The average molecular weight is 332 g/mol. The van der Waals surface area contributed by atoms with Gasteiger partial charge in [-0.15, -0.1) is 11.3 Å². The van der Waals surface area contributed by atoms with Gasteiger partial charge in [-0.05, 0) is 0 Å². The lowest BCUT2D eigenvalue weighted by Crippen LogP contribution is -2.27. The van der Waals surface area contributed by atoms with Gasteiger partial charge in [-0.2, -0.15) is 0 Å². The molecule has 0 aliphatic rings. The molecule has 0 aliphatic carbocycles. The summed E-state index contributed by atoms with van der Waals surface area (Å²) in [5.41, 5.74) is 0. The van der Waals surface area contributed by atoms with Gasteiger partial charge in [-0.3, -0.25) is 4.40 Å². The summed E-state index contributed by atoms with van der Waals surface area (Å²) in [6, 6.07) is 0. The minimum absolute atomic E-state index is 0.0256. The normalized spacial score (nSPS) is 12.2. The standard InChI is InChI=1S/C10H10ClN5O2S2/c11-8-9(16-5-6-19-10(16)15-8)20(17,18)14-2-1-7-12-3-4-13-7/h3-6,14H,1-2H2,(H,12,13). The van der Waals surface area contributed by atoms with Crippen molar-refractivity contribution in [2.45, 2.75) is 11.4 Å². The number of aromatic nitrogens is 4. The second-order valence-corrected chi connectivity index (χ2v) is 6.86. The summed E-state index contributed by atoms with van der Waals surface area (Å²) in [6.07, 6.45) is 5.40. The van der Waals surface area contributed by atoms with E-state index in [-0.39, 0.29) is 16.7 Å². The zero-order chi connectivity index (χ0) is 14.2. The van der Waals surface area contributed by atoms with Gasteiger partial charge in [0.15, 0.2) is 15.1 Å². The summed E-state index contributed by atoms with van der Waals surface area (Å²) in [6.45, 7) is 0.226. The summed E-state index contributed by atoms with van der Waals surface area (Å²) >= 11 is 7.23. The highest BCUT2D eigenvalue weighted by Gasteiger charge is 2.24. The maximum Gasteiger partial charge on any atom is 0.259 e. The van der Waals surface area contributed by atoms with Gasteiger partial charge in [0.1, 0.15) is 5.82 Å². The summed E-state index contributed by atoms with van der Waals surface area (Å²) in [7, 11) is -3.71. The smallest absolute Gasteiger partial charge is 0.259 e. The van der Waals surface area contributed by atoms with Crippen LogP contribution in [0.5, 0.6) is 0 Å². The minimum Gasteiger partial charge on any atom is -0.349 e. The number of rotatable bonds is 5. The van der Waals surface area contributed by atoms with Crippen LogP contribution in [0.4, 0.5) is 0 Å². The fourth-order valence-electron chi connectivity index (χ4n) is 1.79. The Morgan fingerprint density at radius 2 is 2.35 bits per heavy atom. The molecule has 2 N–H and O–H groups in total. The third-order valence-electron chi connectivity index (χ3n) is 2.64. The number of hydrogen-bond donors (Lipinski definition) is 2. The van der Waals surface area contributed by atoms with E-state index in [1.54, 1.807) is 24.0 Å². The van der Waals surface area contributed by atoms with Crippen molar-refractivity contribution in [1.82, 2.24) is 24.1 Å². The highest BCUT2D eigenvalue weighted by atomic mass is 35.5. The number of nitrogens with zero attached hydrogens (tertiary/aromatic N) is 3. The molecule has 0 spiro atoms. The van der Waals surface area contributed by atoms with Gasteiger partial charge in [-0.25, -0.2) is 23.1 Å². The van der Waals surface area contributed by atoms with Crippen LogP contribution < -0.4 is 4.72 Å². The van der Waals surface area contributed by atoms with Crippen molar-refractivity contribution >= 4 is 37.9 Å². The van der Waals surface area contributed by atoms with Crippen molar-refractivity contribution in [3.05, 3.63) is 34.9 Å². The quantitative estimate of drug-likeness (QED) is 0.737. The topological polar surface area (TPSA) is 92.1 Å². The molecule has 106 valence electrons. The van der Waals surface area contributed by atoms with Crippen LogP contribution >= 0.6 is 22.9 Å². The van der Waals surface area contributed by atoms with Crippen molar-refractivity contribution < 1.29 is 8.42 Å². The number of nitrogens with one attached hydrogen (secondary N) is 2. The van der Waals surface area contributed by atoms with Crippen LogP contribution in [0.1, 0.15) is 5.82 Å². The number of sulfonamides is 1. The molecule has 0 fully saturated rings. The fraction of sp³-hybridized carbons (Fsp3) is 0.200. The van der Waals surface area contributed by atoms with Gasteiger partial charge in [0.25, 0.3) is 10.0 Å². The second kappa shape index (κ2) is 5.17. The SMILES string of the molecule is O=S(=O)(NCCc1ncc[nH]1)c1c(Cl)nc2sccn12. The molecule has 7 nitrogen and oxygen atoms in total. The Bertz CT molecular complexity index is 821. The maximum absolute atomic E-state index is 12.3. The van der Waals surface area contributed by atoms with E-state index in [9.17, 15) is 8.42 Å². The summed E-state index contributed by atoms with van der Waals surface area (Å²) in [5, 5.41) is 1.69. The third-order valence-corrected chi connectivity index (χ3v) is 5.26. The van der Waals surface area contributed by atoms with Gasteiger partial charge in [0.2, 0.25) is 0 Å². The molecule has 0 unspecified atom stereocenters. The molecular formula is C10H10ClN5O2S2. The van der Waals surface area contributed by atoms with Gasteiger partial charge >= 0.3 is 0 Å². The number of H-pyrrole nitrogens is 1. The van der Waals surface area contributed by atoms with Gasteiger partial charge in [0.05, 0.1) is 0 Å². The van der Waals surface area contributed by atoms with Crippen molar-refractivity contribution in [1.29, 1.82) is 0 Å². The van der Waals surface area contributed by atoms with E-state index in [0.29, 0.717) is 17.2 Å². The van der Waals surface area contributed by atoms with Crippen molar-refractivity contribution in [2.24, 2.45) is 0 Å². The molecule has 0 bridgehead atoms. The molecule has 3 aromatic rings. The van der Waals surface area contributed by atoms with Crippen LogP contribution in [-0.4, -0.2) is 34.3 Å². The number of aromatic amines is 1. The van der Waals surface area contributed by atoms with Crippen molar-refractivity contribution in [2.75, 3.05) is 6.54 Å². The third kappa shape index (κ3) is 2.44. The molecular weight excluding hydrogens is 322 g/mol. The van der Waals surface area contributed by atoms with E-state index in [1.807, 2.05) is 0 Å². The summed E-state index contributed by atoms with van der Waals surface area (Å²) in [4.78, 5) is 11.5. The first kappa shape index (κ1) is 13.6. The summed E-state index contributed by atoms with van der Waals surface area (Å²) in [5.74, 6) is 0.716. The van der Waals surface area contributed by atoms with Crippen LogP contribution in [0, 0.1) is 0 Å². The predicted octanol–water partition coefficient (Wildman–Crippen LogP) is 1.29. The number of fused-ring (bicyclic) bond motifs is 1. The fourth-order valence-corrected chi connectivity index (χ4v) is 4.26. The Kier molecular flexibility index (Phi) is 3.50. The van der Waals surface area contributed by atoms with Crippen LogP contribution in [-0.2, 0) is 16.4 Å². The van der Waals surface area contributed by atoms with E-state index in [4.69, 9.17) is 11.6 Å². The van der Waals surface area contributed by atoms with Gasteiger partial charge < -0.3 is 4.98 Å². The molecule has 20 heavy (non-hydrogen) atoms. The van der Waals surface area contributed by atoms with Gasteiger partial charge in [0, 0.05) is 36.9 Å². The zero-order valence-electron chi connectivity index (χ0n) is 10.1. The maximum atomic E-state index is 12.3. The Hall–Kier alpha value is -1.42. The molecule has 0 atom stereocenters. The largest absolute Gasteiger partial charge is 0.349 e. The van der Waals surface area contributed by atoms with Crippen LogP contribution in [0.2, 0.25) is 5.15 Å². The molecule has 0 saturated heterocycles. The Balaban J connectivity index is 1.81. The molecule has 3 aromatic heterocycles. The Labute approximate surface area is 123 Å². The zero-order valence-corrected chi connectivity index (χ0v) is 12.5. The molecule has 3 heterocycles. The van der Waals surface area contributed by atoms with E-state index >= 15 is 0 Å². The molecule has 0 aromatic carbocycles. The number of imidazole rings is 2. The highest BCUT2D eigenvalue weighted by Crippen LogP contribution is 2.25. The first-order valence-electron chi connectivity index (χ1n) is 5.67. The number of hydrogen-bond acceptors (Lipinski definition) is 5. The monoisotopic (exact) mass is 331 g/mol. The lowest BCUT2D eigenvalue weighted by Gasteiger charge is -2.05. The van der Waals surface area contributed by atoms with E-state index in [2.05, 4.69) is 19.7 Å². The molecule has 0 amide bonds. The van der Waals surface area contributed by atoms with Gasteiger partial charge in [-0.1, -0.05) is 11.6 Å². The van der Waals surface area contributed by atoms with Crippen LogP contribution in [0.3, 0.4) is 0 Å². The van der Waals surface area contributed by atoms with Crippen molar-refractivity contribution in [3.8, 4) is 0 Å². The Morgan fingerprint density at radius 1 is 1.50 bits per heavy atom. The molecule has 10 heteroatoms. The van der Waals surface area contributed by atoms with E-state index in [1.165, 1.54) is 15.7 Å². The molecule has 3 rings (SSSR count). The minimum atomic E-state index is -3.71. The molecule has 0 saturated carbocycles. The summed E-state index contributed by atoms with van der Waals surface area (Å²) < 4.78 is 28.5. The number of halogens is 1. The highest BCUT2D eigenvalue weighted by molar-refractivity contribution is 7.89. The molecule has 0 radical (unpaired) electrons. The van der Waals surface area contributed by atoms with Crippen LogP contribution in [0.25, 0.3) is 4.96 Å². The predicted molar refractivity (Wildman–Crippen MR) is 75.6 cm³/mol. The first-order chi connectivity index (χ1) is 9.58. The Morgan fingerprint density at radius 3 is 3.10 bits per heavy atom.